The Hall–Kier alpha value is -3.96. The fourth-order valence-corrected chi connectivity index (χ4v) is 4.94. The summed E-state index contributed by atoms with van der Waals surface area (Å²) in [6.07, 6.45) is 0.338. The van der Waals surface area contributed by atoms with Gasteiger partial charge < -0.3 is 14.5 Å². The van der Waals surface area contributed by atoms with E-state index in [1.807, 2.05) is 24.3 Å². The summed E-state index contributed by atoms with van der Waals surface area (Å²) in [5, 5.41) is 15.4. The van der Waals surface area contributed by atoms with Crippen molar-refractivity contribution in [2.45, 2.75) is 17.7 Å². The van der Waals surface area contributed by atoms with E-state index in [2.05, 4.69) is 5.32 Å². The minimum Gasteiger partial charge on any atom is -0.495 e. The van der Waals surface area contributed by atoms with Gasteiger partial charge in [-0.3, -0.25) is 14.9 Å². The van der Waals surface area contributed by atoms with E-state index in [9.17, 15) is 23.3 Å². The summed E-state index contributed by atoms with van der Waals surface area (Å²) >= 11 is 0. The fraction of sp³-hybridized carbons (Fsp3) is 0.208. The van der Waals surface area contributed by atoms with E-state index in [4.69, 9.17) is 9.15 Å². The zero-order valence-corrected chi connectivity index (χ0v) is 19.9. The van der Waals surface area contributed by atoms with Gasteiger partial charge in [0.2, 0.25) is 15.9 Å². The predicted molar refractivity (Wildman–Crippen MR) is 131 cm³/mol. The number of hydrogen-bond donors (Lipinski definition) is 1. The van der Waals surface area contributed by atoms with Crippen LogP contribution in [-0.2, 0) is 14.8 Å². The maximum Gasteiger partial charge on any atom is 0.269 e. The van der Waals surface area contributed by atoms with Crippen LogP contribution in [0.15, 0.2) is 70.0 Å². The maximum atomic E-state index is 12.7. The zero-order valence-electron chi connectivity index (χ0n) is 19.1. The lowest BCUT2D eigenvalue weighted by Crippen LogP contribution is -2.28. The Morgan fingerprint density at radius 3 is 2.49 bits per heavy atom. The summed E-state index contributed by atoms with van der Waals surface area (Å²) < 4.78 is 37.8. The van der Waals surface area contributed by atoms with Crippen LogP contribution in [-0.4, -0.2) is 44.3 Å². The van der Waals surface area contributed by atoms with Gasteiger partial charge in [0.25, 0.3) is 5.69 Å². The maximum absolute atomic E-state index is 12.7. The van der Waals surface area contributed by atoms with E-state index in [1.165, 1.54) is 26.3 Å². The molecule has 0 unspecified atom stereocenters. The highest BCUT2D eigenvalue weighted by atomic mass is 32.2. The molecular formula is C24H23N3O7S. The molecule has 1 heterocycles. The van der Waals surface area contributed by atoms with Crippen LogP contribution in [0.5, 0.6) is 5.75 Å². The number of rotatable bonds is 9. The number of non-ortho nitro benzene ring substituents is 1. The molecule has 0 spiro atoms. The normalized spacial score (nSPS) is 11.7. The average molecular weight is 498 g/mol. The van der Waals surface area contributed by atoms with E-state index in [1.54, 1.807) is 12.1 Å². The summed E-state index contributed by atoms with van der Waals surface area (Å²) in [4.78, 5) is 22.7. The molecule has 0 atom stereocenters. The van der Waals surface area contributed by atoms with Gasteiger partial charge in [-0.2, -0.15) is 0 Å². The molecule has 0 radical (unpaired) electrons. The van der Waals surface area contributed by atoms with Crippen LogP contribution in [0.3, 0.4) is 0 Å². The third-order valence-electron chi connectivity index (χ3n) is 5.61. The summed E-state index contributed by atoms with van der Waals surface area (Å²) in [6.45, 7) is 0.0898. The van der Waals surface area contributed by atoms with Crippen LogP contribution in [0, 0.1) is 10.1 Å². The van der Waals surface area contributed by atoms with E-state index in [0.717, 1.165) is 32.8 Å². The highest BCUT2D eigenvalue weighted by Gasteiger charge is 2.22. The first-order valence-electron chi connectivity index (χ1n) is 10.7. The number of fused-ring (bicyclic) bond motifs is 3. The molecule has 1 aromatic heterocycles. The SMILES string of the molecule is COc1cc2c(cc1NC(=O)CCCN(C)S(=O)(=O)c1ccc([N+](=O)[O-])cc1)oc1ccccc12. The number of methoxy groups -OCH3 is 1. The Balaban J connectivity index is 1.40. The van der Waals surface area contributed by atoms with Crippen LogP contribution < -0.4 is 10.1 Å². The van der Waals surface area contributed by atoms with Gasteiger partial charge in [-0.1, -0.05) is 18.2 Å². The number of carbonyl (C=O) groups is 1. The van der Waals surface area contributed by atoms with E-state index in [0.29, 0.717) is 17.0 Å². The van der Waals surface area contributed by atoms with Gasteiger partial charge in [0.1, 0.15) is 16.9 Å². The molecule has 3 aromatic carbocycles. The van der Waals surface area contributed by atoms with E-state index >= 15 is 0 Å². The summed E-state index contributed by atoms with van der Waals surface area (Å²) in [5.74, 6) is 0.176. The number of furan rings is 1. The lowest BCUT2D eigenvalue weighted by Gasteiger charge is -2.17. The zero-order chi connectivity index (χ0) is 25.2. The van der Waals surface area contributed by atoms with Crippen molar-refractivity contribution < 1.29 is 27.3 Å². The van der Waals surface area contributed by atoms with Crippen molar-refractivity contribution in [1.82, 2.24) is 4.31 Å². The minimum absolute atomic E-state index is 0.0566. The second-order valence-electron chi connectivity index (χ2n) is 7.88. The van der Waals surface area contributed by atoms with Gasteiger partial charge in [0, 0.05) is 49.0 Å². The molecule has 4 aromatic rings. The smallest absolute Gasteiger partial charge is 0.269 e. The highest BCUT2D eigenvalue weighted by molar-refractivity contribution is 7.89. The Morgan fingerprint density at radius 2 is 1.80 bits per heavy atom. The first-order valence-corrected chi connectivity index (χ1v) is 12.1. The average Bonchev–Trinajstić information content (AvgIpc) is 3.20. The summed E-state index contributed by atoms with van der Waals surface area (Å²) in [7, 11) is -0.932. The molecule has 35 heavy (non-hydrogen) atoms. The van der Waals surface area contributed by atoms with E-state index in [-0.39, 0.29) is 35.9 Å². The molecule has 4 rings (SSSR count). The fourth-order valence-electron chi connectivity index (χ4n) is 3.73. The van der Waals surface area contributed by atoms with Crippen LogP contribution in [0.25, 0.3) is 21.9 Å². The summed E-state index contributed by atoms with van der Waals surface area (Å²) in [6, 6.07) is 15.8. The number of para-hydroxylation sites is 1. The molecule has 1 amide bonds. The Kier molecular flexibility index (Phi) is 6.72. The number of carbonyl (C=O) groups excluding carboxylic acids is 1. The minimum atomic E-state index is -3.84. The first-order chi connectivity index (χ1) is 16.7. The van der Waals surface area contributed by atoms with Crippen molar-refractivity contribution in [3.05, 3.63) is 70.8 Å². The molecule has 11 heteroatoms. The number of sulfonamides is 1. The monoisotopic (exact) mass is 497 g/mol. The van der Waals surface area contributed by atoms with Gasteiger partial charge in [0.05, 0.1) is 22.6 Å². The molecule has 0 aliphatic heterocycles. The highest BCUT2D eigenvalue weighted by Crippen LogP contribution is 2.36. The van der Waals surface area contributed by atoms with Crippen molar-refractivity contribution in [3.63, 3.8) is 0 Å². The number of nitrogens with one attached hydrogen (secondary N) is 1. The molecule has 0 saturated carbocycles. The van der Waals surface area contributed by atoms with Gasteiger partial charge in [0.15, 0.2) is 0 Å². The molecule has 0 bridgehead atoms. The van der Waals surface area contributed by atoms with E-state index < -0.39 is 14.9 Å². The van der Waals surface area contributed by atoms with Crippen molar-refractivity contribution >= 4 is 49.2 Å². The number of amides is 1. The third-order valence-corrected chi connectivity index (χ3v) is 7.48. The topological polar surface area (TPSA) is 132 Å². The molecule has 0 aliphatic carbocycles. The van der Waals surface area contributed by atoms with Crippen molar-refractivity contribution in [2.24, 2.45) is 0 Å². The van der Waals surface area contributed by atoms with Crippen molar-refractivity contribution in [2.75, 3.05) is 26.0 Å². The number of hydrogen-bond acceptors (Lipinski definition) is 7. The molecule has 182 valence electrons. The van der Waals surface area contributed by atoms with Crippen molar-refractivity contribution in [1.29, 1.82) is 0 Å². The number of nitro benzene ring substituents is 1. The largest absolute Gasteiger partial charge is 0.495 e. The standard InChI is InChI=1S/C24H23N3O7S/c1-26(35(31,32)17-11-9-16(10-12-17)27(29)30)13-5-8-24(28)25-20-15-22-19(14-23(20)33-2)18-6-3-4-7-21(18)34-22/h3-4,6-7,9-12,14-15H,5,8,13H2,1-2H3,(H,25,28). The second-order valence-corrected chi connectivity index (χ2v) is 9.92. The quantitative estimate of drug-likeness (QED) is 0.265. The molecule has 0 saturated heterocycles. The third kappa shape index (κ3) is 4.96. The molecule has 0 aliphatic rings. The van der Waals surface area contributed by atoms with Crippen LogP contribution >= 0.6 is 0 Å². The number of benzene rings is 3. The number of nitrogens with zero attached hydrogens (tertiary/aromatic N) is 2. The predicted octanol–water partition coefficient (Wildman–Crippen LogP) is 4.54. The van der Waals surface area contributed by atoms with Crippen LogP contribution in [0.1, 0.15) is 12.8 Å². The number of anilines is 1. The lowest BCUT2D eigenvalue weighted by molar-refractivity contribution is -0.384. The molecule has 1 N–H and O–H groups in total. The first kappa shape index (κ1) is 24.2. The summed E-state index contributed by atoms with van der Waals surface area (Å²) in [5.41, 5.74) is 1.59. The second kappa shape index (κ2) is 9.72. The number of nitro groups is 1. The van der Waals surface area contributed by atoms with Crippen LogP contribution in [0.4, 0.5) is 11.4 Å². The Labute approximate surface area is 201 Å². The molecular weight excluding hydrogens is 474 g/mol. The molecule has 0 fully saturated rings. The number of ether oxygens (including phenoxy) is 1. The molecule has 10 nitrogen and oxygen atoms in total. The van der Waals surface area contributed by atoms with Gasteiger partial charge in [-0.25, -0.2) is 12.7 Å². The van der Waals surface area contributed by atoms with Crippen molar-refractivity contribution in [3.8, 4) is 5.75 Å². The van der Waals surface area contributed by atoms with Gasteiger partial charge >= 0.3 is 0 Å². The van der Waals surface area contributed by atoms with Crippen LogP contribution in [0.2, 0.25) is 0 Å². The Bertz CT molecular complexity index is 1510. The lowest BCUT2D eigenvalue weighted by atomic mass is 10.1. The van der Waals surface area contributed by atoms with Gasteiger partial charge in [-0.05, 0) is 30.7 Å². The Morgan fingerprint density at radius 1 is 1.09 bits per heavy atom. The van der Waals surface area contributed by atoms with Gasteiger partial charge in [-0.15, -0.1) is 0 Å².